The van der Waals surface area contributed by atoms with E-state index in [1.165, 1.54) is 5.69 Å². The first kappa shape index (κ1) is 15.2. The minimum atomic E-state index is 0.486. The number of nitrogens with zero attached hydrogens (tertiary/aromatic N) is 3. The van der Waals surface area contributed by atoms with Crippen molar-refractivity contribution in [1.82, 2.24) is 20.0 Å². The van der Waals surface area contributed by atoms with Gasteiger partial charge in [0, 0.05) is 31.9 Å². The zero-order valence-corrected chi connectivity index (χ0v) is 12.3. The summed E-state index contributed by atoms with van der Waals surface area (Å²) >= 11 is 0. The van der Waals surface area contributed by atoms with E-state index in [1.54, 1.807) is 0 Å². The van der Waals surface area contributed by atoms with Crippen molar-refractivity contribution in [1.29, 1.82) is 0 Å². The van der Waals surface area contributed by atoms with Crippen LogP contribution in [0.1, 0.15) is 45.9 Å². The summed E-state index contributed by atoms with van der Waals surface area (Å²) < 4.78 is 2.13. The van der Waals surface area contributed by atoms with Gasteiger partial charge < -0.3 is 10.2 Å². The summed E-state index contributed by atoms with van der Waals surface area (Å²) in [7, 11) is 0. The molecule has 0 spiro atoms. The van der Waals surface area contributed by atoms with E-state index < -0.39 is 0 Å². The number of hydrogen-bond donors (Lipinski definition) is 1. The topological polar surface area (TPSA) is 33.1 Å². The lowest BCUT2D eigenvalue weighted by Gasteiger charge is -2.18. The number of likely N-dealkylation sites (N-methyl/N-ethyl adjacent to an activating group) is 1. The van der Waals surface area contributed by atoms with E-state index >= 15 is 0 Å². The fraction of sp³-hybridized carbons (Fsp3) is 0.786. The van der Waals surface area contributed by atoms with Crippen LogP contribution < -0.4 is 5.32 Å². The van der Waals surface area contributed by atoms with Crippen LogP contribution in [-0.2, 0) is 6.54 Å². The summed E-state index contributed by atoms with van der Waals surface area (Å²) in [5.41, 5.74) is 1.28. The molecule has 0 aromatic carbocycles. The fourth-order valence-corrected chi connectivity index (χ4v) is 2.04. The van der Waals surface area contributed by atoms with Gasteiger partial charge in [-0.1, -0.05) is 20.8 Å². The van der Waals surface area contributed by atoms with Crippen LogP contribution in [0.4, 0.5) is 0 Å². The van der Waals surface area contributed by atoms with E-state index in [0.29, 0.717) is 6.04 Å². The maximum atomic E-state index is 4.40. The van der Waals surface area contributed by atoms with Gasteiger partial charge in [-0.25, -0.2) is 0 Å². The smallest absolute Gasteiger partial charge is 0.0525 e. The molecule has 0 saturated heterocycles. The van der Waals surface area contributed by atoms with Gasteiger partial charge in [0.25, 0.3) is 0 Å². The highest BCUT2D eigenvalue weighted by atomic mass is 15.3. The van der Waals surface area contributed by atoms with E-state index in [9.17, 15) is 0 Å². The molecule has 1 unspecified atom stereocenters. The second-order valence-corrected chi connectivity index (χ2v) is 4.73. The number of hydrogen-bond acceptors (Lipinski definition) is 3. The molecule has 18 heavy (non-hydrogen) atoms. The molecule has 1 atom stereocenters. The summed E-state index contributed by atoms with van der Waals surface area (Å²) in [6, 6.07) is 2.59. The molecular weight excluding hydrogens is 224 g/mol. The summed E-state index contributed by atoms with van der Waals surface area (Å²) in [4.78, 5) is 2.43. The molecule has 104 valence electrons. The van der Waals surface area contributed by atoms with Crippen molar-refractivity contribution >= 4 is 0 Å². The Morgan fingerprint density at radius 1 is 1.33 bits per heavy atom. The van der Waals surface area contributed by atoms with Crippen molar-refractivity contribution in [2.45, 2.75) is 46.7 Å². The van der Waals surface area contributed by atoms with E-state index in [1.807, 2.05) is 6.20 Å². The van der Waals surface area contributed by atoms with Gasteiger partial charge in [-0.05, 0) is 32.5 Å². The minimum Gasteiger partial charge on any atom is -0.310 e. The zero-order chi connectivity index (χ0) is 13.4. The molecule has 1 heterocycles. The van der Waals surface area contributed by atoms with Gasteiger partial charge in [-0.15, -0.1) is 0 Å². The van der Waals surface area contributed by atoms with Crippen molar-refractivity contribution in [3.63, 3.8) is 0 Å². The van der Waals surface area contributed by atoms with Crippen LogP contribution in [0.2, 0.25) is 0 Å². The molecule has 0 bridgehead atoms. The van der Waals surface area contributed by atoms with Crippen LogP contribution in [0.5, 0.6) is 0 Å². The first-order valence-electron chi connectivity index (χ1n) is 7.18. The second-order valence-electron chi connectivity index (χ2n) is 4.73. The Bertz CT molecular complexity index is 317. The lowest BCUT2D eigenvalue weighted by Crippen LogP contribution is -2.32. The van der Waals surface area contributed by atoms with Gasteiger partial charge in [0.15, 0.2) is 0 Å². The van der Waals surface area contributed by atoms with Crippen LogP contribution in [0.15, 0.2) is 12.3 Å². The van der Waals surface area contributed by atoms with Crippen LogP contribution in [0, 0.1) is 0 Å². The van der Waals surface area contributed by atoms with Gasteiger partial charge in [-0.3, -0.25) is 4.68 Å². The first-order chi connectivity index (χ1) is 8.72. The van der Waals surface area contributed by atoms with Gasteiger partial charge in [0.2, 0.25) is 0 Å². The molecule has 0 aliphatic carbocycles. The summed E-state index contributed by atoms with van der Waals surface area (Å²) in [6.45, 7) is 14.1. The van der Waals surface area contributed by atoms with Crippen LogP contribution in [-0.4, -0.2) is 40.9 Å². The Hall–Kier alpha value is -0.870. The molecule has 1 aromatic rings. The highest BCUT2D eigenvalue weighted by Crippen LogP contribution is 2.11. The highest BCUT2D eigenvalue weighted by molar-refractivity contribution is 5.01. The third-order valence-electron chi connectivity index (χ3n) is 3.57. The van der Waals surface area contributed by atoms with Crippen LogP contribution in [0.25, 0.3) is 0 Å². The third kappa shape index (κ3) is 4.42. The van der Waals surface area contributed by atoms with Crippen molar-refractivity contribution < 1.29 is 0 Å². The van der Waals surface area contributed by atoms with Crippen molar-refractivity contribution in [3.05, 3.63) is 18.0 Å². The maximum Gasteiger partial charge on any atom is 0.0525 e. The Morgan fingerprint density at radius 3 is 2.67 bits per heavy atom. The Labute approximate surface area is 111 Å². The molecule has 1 aromatic heterocycles. The number of rotatable bonds is 9. The lowest BCUT2D eigenvalue weighted by molar-refractivity contribution is 0.301. The third-order valence-corrected chi connectivity index (χ3v) is 3.57. The predicted octanol–water partition coefficient (Wildman–Crippen LogP) is 2.29. The molecule has 0 aliphatic rings. The average Bonchev–Trinajstić information content (AvgIpc) is 2.86. The van der Waals surface area contributed by atoms with E-state index in [0.717, 1.165) is 39.1 Å². The highest BCUT2D eigenvalue weighted by Gasteiger charge is 2.07. The maximum absolute atomic E-state index is 4.40. The Morgan fingerprint density at radius 2 is 2.06 bits per heavy atom. The minimum absolute atomic E-state index is 0.486. The molecule has 0 amide bonds. The Kier molecular flexibility index (Phi) is 6.98. The monoisotopic (exact) mass is 252 g/mol. The molecule has 0 radical (unpaired) electrons. The molecule has 4 heteroatoms. The van der Waals surface area contributed by atoms with Crippen molar-refractivity contribution in [3.8, 4) is 0 Å². The zero-order valence-electron chi connectivity index (χ0n) is 12.3. The number of aromatic nitrogens is 2. The fourth-order valence-electron chi connectivity index (χ4n) is 2.04. The van der Waals surface area contributed by atoms with Crippen LogP contribution >= 0.6 is 0 Å². The second kappa shape index (κ2) is 8.27. The molecule has 0 aliphatic heterocycles. The van der Waals surface area contributed by atoms with E-state index in [-0.39, 0.29) is 0 Å². The molecule has 0 saturated carbocycles. The van der Waals surface area contributed by atoms with Gasteiger partial charge >= 0.3 is 0 Å². The van der Waals surface area contributed by atoms with Gasteiger partial charge in [-0.2, -0.15) is 5.10 Å². The quantitative estimate of drug-likeness (QED) is 0.685. The van der Waals surface area contributed by atoms with Crippen molar-refractivity contribution in [2.24, 2.45) is 0 Å². The number of nitrogens with one attached hydrogen (secondary N) is 1. The van der Waals surface area contributed by atoms with Gasteiger partial charge in [0.1, 0.15) is 0 Å². The van der Waals surface area contributed by atoms with Gasteiger partial charge in [0.05, 0.1) is 5.69 Å². The molecule has 4 nitrogen and oxygen atoms in total. The summed E-state index contributed by atoms with van der Waals surface area (Å²) in [5.74, 6) is 0. The van der Waals surface area contributed by atoms with Crippen molar-refractivity contribution in [2.75, 3.05) is 26.2 Å². The Balaban J connectivity index is 2.33. The SMILES string of the molecule is CCC(C)n1nccc1CNCCN(CC)CC. The van der Waals surface area contributed by atoms with E-state index in [2.05, 4.69) is 53.8 Å². The summed E-state index contributed by atoms with van der Waals surface area (Å²) in [6.07, 6.45) is 3.02. The largest absolute Gasteiger partial charge is 0.310 e. The average molecular weight is 252 g/mol. The summed E-state index contributed by atoms with van der Waals surface area (Å²) in [5, 5.41) is 7.90. The molecule has 0 fully saturated rings. The first-order valence-corrected chi connectivity index (χ1v) is 7.18. The van der Waals surface area contributed by atoms with E-state index in [4.69, 9.17) is 0 Å². The standard InChI is InChI=1S/C14H28N4/c1-5-13(4)18-14(8-9-16-18)12-15-10-11-17(6-2)7-3/h8-9,13,15H,5-7,10-12H2,1-4H3. The molecule has 1 N–H and O–H groups in total. The van der Waals surface area contributed by atoms with Crippen LogP contribution in [0.3, 0.4) is 0 Å². The molecule has 1 rings (SSSR count). The molecular formula is C14H28N4. The predicted molar refractivity (Wildman–Crippen MR) is 76.7 cm³/mol. The lowest BCUT2D eigenvalue weighted by atomic mass is 10.2. The normalized spacial score (nSPS) is 13.2.